The minimum Gasteiger partial charge on any atom is -0.466 e. The first kappa shape index (κ1) is 12.7. The Morgan fingerprint density at radius 2 is 1.79 bits per heavy atom. The summed E-state index contributed by atoms with van der Waals surface area (Å²) in [4.78, 5) is 21.8. The lowest BCUT2D eigenvalue weighted by Crippen LogP contribution is -2.08. The summed E-state index contributed by atoms with van der Waals surface area (Å²) in [7, 11) is 0. The first-order valence-corrected chi connectivity index (χ1v) is 4.70. The molecule has 0 unspecified atom stereocenters. The monoisotopic (exact) mass is 200 g/mol. The summed E-state index contributed by atoms with van der Waals surface area (Å²) in [6.07, 6.45) is 4.01. The Morgan fingerprint density at radius 3 is 2.36 bits per heavy atom. The van der Waals surface area contributed by atoms with Gasteiger partial charge in [-0.05, 0) is 19.4 Å². The van der Waals surface area contributed by atoms with Gasteiger partial charge in [-0.2, -0.15) is 0 Å². The number of rotatable bonds is 6. The molecule has 0 amide bonds. The second-order valence-electron chi connectivity index (χ2n) is 2.57. The van der Waals surface area contributed by atoms with Gasteiger partial charge >= 0.3 is 11.9 Å². The van der Waals surface area contributed by atoms with Gasteiger partial charge in [0.2, 0.25) is 0 Å². The van der Waals surface area contributed by atoms with Gasteiger partial charge in [0, 0.05) is 0 Å². The minimum absolute atomic E-state index is 0.0624. The van der Waals surface area contributed by atoms with E-state index in [1.165, 1.54) is 6.26 Å². The Hall–Kier alpha value is -1.32. The molecule has 0 saturated carbocycles. The van der Waals surface area contributed by atoms with Crippen LogP contribution in [0, 0.1) is 0 Å². The molecule has 0 aromatic carbocycles. The van der Waals surface area contributed by atoms with Gasteiger partial charge in [-0.25, -0.2) is 0 Å². The highest BCUT2D eigenvalue weighted by Crippen LogP contribution is 1.96. The summed E-state index contributed by atoms with van der Waals surface area (Å²) in [5.41, 5.74) is 0. The van der Waals surface area contributed by atoms with Gasteiger partial charge in [-0.1, -0.05) is 6.92 Å². The van der Waals surface area contributed by atoms with Crippen molar-refractivity contribution in [2.75, 3.05) is 6.61 Å². The van der Waals surface area contributed by atoms with E-state index >= 15 is 0 Å². The van der Waals surface area contributed by atoms with Gasteiger partial charge < -0.3 is 9.47 Å². The summed E-state index contributed by atoms with van der Waals surface area (Å²) in [5.74, 6) is -0.785. The number of carbonyl (C=O) groups is 2. The summed E-state index contributed by atoms with van der Waals surface area (Å²) >= 11 is 0. The number of ether oxygens (including phenoxy) is 2. The zero-order valence-corrected chi connectivity index (χ0v) is 8.62. The van der Waals surface area contributed by atoms with Crippen LogP contribution in [0.4, 0.5) is 0 Å². The van der Waals surface area contributed by atoms with Gasteiger partial charge in [0.25, 0.3) is 0 Å². The van der Waals surface area contributed by atoms with E-state index in [-0.39, 0.29) is 18.8 Å². The van der Waals surface area contributed by atoms with E-state index in [1.807, 2.05) is 6.92 Å². The molecule has 14 heavy (non-hydrogen) atoms. The van der Waals surface area contributed by atoms with Crippen LogP contribution in [0.15, 0.2) is 12.3 Å². The molecule has 4 nitrogen and oxygen atoms in total. The van der Waals surface area contributed by atoms with Crippen LogP contribution in [0.5, 0.6) is 0 Å². The zero-order valence-electron chi connectivity index (χ0n) is 8.62. The predicted octanol–water partition coefficient (Wildman–Crippen LogP) is 1.80. The predicted molar refractivity (Wildman–Crippen MR) is 51.4 cm³/mol. The number of allylic oxidation sites excluding steroid dienone is 1. The Balaban J connectivity index is 3.53. The lowest BCUT2D eigenvalue weighted by atomic mass is 10.3. The summed E-state index contributed by atoms with van der Waals surface area (Å²) in [6, 6.07) is 0. The van der Waals surface area contributed by atoms with Crippen molar-refractivity contribution in [1.82, 2.24) is 0 Å². The molecule has 0 atom stereocenters. The third kappa shape index (κ3) is 7.34. The minimum atomic E-state index is -0.414. The van der Waals surface area contributed by atoms with Crippen molar-refractivity contribution >= 4 is 11.9 Å². The van der Waals surface area contributed by atoms with Gasteiger partial charge in [0.05, 0.1) is 25.7 Å². The largest absolute Gasteiger partial charge is 0.466 e. The van der Waals surface area contributed by atoms with E-state index < -0.39 is 5.97 Å². The van der Waals surface area contributed by atoms with Crippen molar-refractivity contribution in [3.8, 4) is 0 Å². The molecule has 0 N–H and O–H groups in total. The summed E-state index contributed by atoms with van der Waals surface area (Å²) in [6.45, 7) is 3.99. The van der Waals surface area contributed by atoms with Crippen molar-refractivity contribution in [3.63, 3.8) is 0 Å². The fourth-order valence-electron chi connectivity index (χ4n) is 0.716. The van der Waals surface area contributed by atoms with E-state index in [0.29, 0.717) is 6.61 Å². The smallest absolute Gasteiger partial charge is 0.311 e. The highest BCUT2D eigenvalue weighted by atomic mass is 16.5. The van der Waals surface area contributed by atoms with Crippen molar-refractivity contribution in [1.29, 1.82) is 0 Å². The molecule has 0 heterocycles. The molecule has 80 valence electrons. The van der Waals surface area contributed by atoms with Gasteiger partial charge in [-0.15, -0.1) is 0 Å². The average molecular weight is 200 g/mol. The van der Waals surface area contributed by atoms with Crippen molar-refractivity contribution in [3.05, 3.63) is 12.3 Å². The molecule has 0 saturated heterocycles. The molecule has 0 aliphatic carbocycles. The molecular weight excluding hydrogens is 184 g/mol. The molecule has 0 aromatic heterocycles. The molecule has 0 fully saturated rings. The Bertz CT molecular complexity index is 208. The first-order chi connectivity index (χ1) is 6.70. The molecule has 0 bridgehead atoms. The zero-order chi connectivity index (χ0) is 10.8. The van der Waals surface area contributed by atoms with Gasteiger partial charge in [0.1, 0.15) is 0 Å². The lowest BCUT2D eigenvalue weighted by molar-refractivity contribution is -0.147. The lowest BCUT2D eigenvalue weighted by Gasteiger charge is -2.00. The maximum Gasteiger partial charge on any atom is 0.311 e. The molecule has 4 heteroatoms. The van der Waals surface area contributed by atoms with E-state index in [2.05, 4.69) is 9.47 Å². The van der Waals surface area contributed by atoms with Crippen molar-refractivity contribution in [2.45, 2.75) is 33.1 Å². The van der Waals surface area contributed by atoms with Gasteiger partial charge in [-0.3, -0.25) is 9.59 Å². The van der Waals surface area contributed by atoms with Crippen LogP contribution in [-0.4, -0.2) is 18.5 Å². The second kappa shape index (κ2) is 8.29. The van der Waals surface area contributed by atoms with Crippen LogP contribution in [-0.2, 0) is 19.1 Å². The number of esters is 2. The van der Waals surface area contributed by atoms with Gasteiger partial charge in [0.15, 0.2) is 0 Å². The highest BCUT2D eigenvalue weighted by molar-refractivity contribution is 5.77. The second-order valence-corrected chi connectivity index (χ2v) is 2.57. The topological polar surface area (TPSA) is 52.6 Å². The maximum atomic E-state index is 10.9. The fourth-order valence-corrected chi connectivity index (χ4v) is 0.716. The van der Waals surface area contributed by atoms with E-state index in [9.17, 15) is 9.59 Å². The molecule has 0 aromatic rings. The van der Waals surface area contributed by atoms with Crippen molar-refractivity contribution < 1.29 is 19.1 Å². The van der Waals surface area contributed by atoms with Crippen LogP contribution in [0.1, 0.15) is 33.1 Å². The number of carbonyl (C=O) groups excluding carboxylic acids is 2. The average Bonchev–Trinajstić information content (AvgIpc) is 2.16. The molecule has 0 aliphatic rings. The standard InChI is InChI=1S/C10H16O4/c1-3-5-8-14-10(12)7-6-9(11)13-4-2/h5,8H,3-4,6-7H2,1-2H3. The summed E-state index contributed by atoms with van der Waals surface area (Å²) < 4.78 is 9.34. The number of hydrogen-bond acceptors (Lipinski definition) is 4. The SMILES string of the molecule is CCC=COC(=O)CCC(=O)OCC. The molecular formula is C10H16O4. The van der Waals surface area contributed by atoms with E-state index in [0.717, 1.165) is 6.42 Å². The Labute approximate surface area is 83.9 Å². The first-order valence-electron chi connectivity index (χ1n) is 4.70. The third-order valence-electron chi connectivity index (χ3n) is 1.37. The van der Waals surface area contributed by atoms with Crippen LogP contribution in [0.25, 0.3) is 0 Å². The Kier molecular flexibility index (Phi) is 7.50. The normalized spacial score (nSPS) is 10.1. The van der Waals surface area contributed by atoms with Crippen LogP contribution in [0.3, 0.4) is 0 Å². The molecule has 0 spiro atoms. The highest BCUT2D eigenvalue weighted by Gasteiger charge is 2.06. The van der Waals surface area contributed by atoms with E-state index in [1.54, 1.807) is 13.0 Å². The fraction of sp³-hybridized carbons (Fsp3) is 0.600. The maximum absolute atomic E-state index is 10.9. The third-order valence-corrected chi connectivity index (χ3v) is 1.37. The quantitative estimate of drug-likeness (QED) is 0.484. The van der Waals surface area contributed by atoms with Crippen LogP contribution in [0.2, 0.25) is 0 Å². The summed E-state index contributed by atoms with van der Waals surface area (Å²) in [5, 5.41) is 0. The van der Waals surface area contributed by atoms with Crippen molar-refractivity contribution in [2.24, 2.45) is 0 Å². The molecule has 0 rings (SSSR count). The van der Waals surface area contributed by atoms with Crippen LogP contribution >= 0.6 is 0 Å². The van der Waals surface area contributed by atoms with E-state index in [4.69, 9.17) is 0 Å². The molecule has 0 aliphatic heterocycles. The molecule has 0 radical (unpaired) electrons. The Morgan fingerprint density at radius 1 is 1.14 bits per heavy atom. The number of hydrogen-bond donors (Lipinski definition) is 0. The van der Waals surface area contributed by atoms with Crippen LogP contribution < -0.4 is 0 Å².